The second-order valence-corrected chi connectivity index (χ2v) is 4.68. The lowest BCUT2D eigenvalue weighted by molar-refractivity contribution is 0.0597. The minimum atomic E-state index is -0.692. The van der Waals surface area contributed by atoms with Gasteiger partial charge in [0.05, 0.1) is 12.8 Å². The predicted molar refractivity (Wildman–Crippen MR) is 81.4 cm³/mol. The summed E-state index contributed by atoms with van der Waals surface area (Å²) in [6.45, 7) is 0. The van der Waals surface area contributed by atoms with Crippen molar-refractivity contribution in [2.24, 2.45) is 0 Å². The predicted octanol–water partition coefficient (Wildman–Crippen LogP) is 2.57. The number of para-hydroxylation sites is 1. The van der Waals surface area contributed by atoms with Crippen LogP contribution in [-0.2, 0) is 4.74 Å². The van der Waals surface area contributed by atoms with E-state index in [1.165, 1.54) is 31.7 Å². The Balaban J connectivity index is 1.89. The minimum Gasteiger partial charge on any atom is -0.505 e. The largest absolute Gasteiger partial charge is 0.505 e. The van der Waals surface area contributed by atoms with Crippen molar-refractivity contribution in [1.82, 2.24) is 4.98 Å². The molecule has 23 heavy (non-hydrogen) atoms. The van der Waals surface area contributed by atoms with E-state index in [0.29, 0.717) is 16.7 Å². The molecule has 0 aliphatic carbocycles. The van der Waals surface area contributed by atoms with E-state index >= 15 is 0 Å². The molecule has 1 aromatic heterocycles. The first-order valence-corrected chi connectivity index (χ1v) is 6.65. The molecule has 2 N–H and O–H groups in total. The third-order valence-electron chi connectivity index (χ3n) is 3.28. The van der Waals surface area contributed by atoms with Gasteiger partial charge in [0, 0.05) is 5.56 Å². The van der Waals surface area contributed by atoms with Gasteiger partial charge < -0.3 is 19.6 Å². The summed E-state index contributed by atoms with van der Waals surface area (Å²) < 4.78 is 9.68. The van der Waals surface area contributed by atoms with Crippen LogP contribution in [0.1, 0.15) is 20.7 Å². The van der Waals surface area contributed by atoms with E-state index in [4.69, 9.17) is 4.42 Å². The number of aromatic nitrogens is 1. The SMILES string of the molecule is COC(=O)c1cccc(NC(=O)c2ccc3ocnc3c2)c1O. The fourth-order valence-electron chi connectivity index (χ4n) is 2.11. The maximum Gasteiger partial charge on any atom is 0.341 e. The lowest BCUT2D eigenvalue weighted by Crippen LogP contribution is -2.13. The number of phenols is 1. The van der Waals surface area contributed by atoms with Crippen molar-refractivity contribution in [2.75, 3.05) is 12.4 Å². The van der Waals surface area contributed by atoms with Gasteiger partial charge in [0.25, 0.3) is 5.91 Å². The number of aromatic hydroxyl groups is 1. The Morgan fingerprint density at radius 3 is 2.87 bits per heavy atom. The van der Waals surface area contributed by atoms with Crippen LogP contribution in [0.25, 0.3) is 11.1 Å². The van der Waals surface area contributed by atoms with Crippen molar-refractivity contribution < 1.29 is 23.8 Å². The lowest BCUT2D eigenvalue weighted by atomic mass is 10.1. The van der Waals surface area contributed by atoms with Crippen LogP contribution in [0.3, 0.4) is 0 Å². The van der Waals surface area contributed by atoms with Gasteiger partial charge in [-0.1, -0.05) is 6.07 Å². The molecular formula is C16H12N2O5. The highest BCUT2D eigenvalue weighted by molar-refractivity contribution is 6.07. The number of esters is 1. The number of amides is 1. The first-order chi connectivity index (χ1) is 11.1. The summed E-state index contributed by atoms with van der Waals surface area (Å²) in [5.74, 6) is -1.50. The molecule has 0 unspecified atom stereocenters. The molecule has 7 nitrogen and oxygen atoms in total. The van der Waals surface area contributed by atoms with Crippen LogP contribution < -0.4 is 5.32 Å². The van der Waals surface area contributed by atoms with Gasteiger partial charge in [-0.05, 0) is 30.3 Å². The number of rotatable bonds is 3. The van der Waals surface area contributed by atoms with Crippen LogP contribution in [0.5, 0.6) is 5.75 Å². The molecule has 7 heteroatoms. The van der Waals surface area contributed by atoms with Crippen molar-refractivity contribution in [3.05, 3.63) is 53.9 Å². The Morgan fingerprint density at radius 2 is 2.09 bits per heavy atom. The number of oxazole rings is 1. The summed E-state index contributed by atoms with van der Waals surface area (Å²) in [5, 5.41) is 12.6. The first kappa shape index (κ1) is 14.6. The Kier molecular flexibility index (Phi) is 3.68. The van der Waals surface area contributed by atoms with E-state index < -0.39 is 11.9 Å². The van der Waals surface area contributed by atoms with E-state index in [1.54, 1.807) is 18.2 Å². The van der Waals surface area contributed by atoms with Crippen molar-refractivity contribution in [2.45, 2.75) is 0 Å². The van der Waals surface area contributed by atoms with Gasteiger partial charge in [-0.3, -0.25) is 4.79 Å². The molecule has 0 spiro atoms. The molecule has 0 atom stereocenters. The number of nitrogens with one attached hydrogen (secondary N) is 1. The smallest absolute Gasteiger partial charge is 0.341 e. The average molecular weight is 312 g/mol. The van der Waals surface area contributed by atoms with Crippen LogP contribution in [0, 0.1) is 0 Å². The number of ether oxygens (including phenoxy) is 1. The zero-order valence-electron chi connectivity index (χ0n) is 12.1. The molecule has 0 radical (unpaired) electrons. The Labute approximate surface area is 130 Å². The highest BCUT2D eigenvalue weighted by Gasteiger charge is 2.17. The quantitative estimate of drug-likeness (QED) is 0.569. The van der Waals surface area contributed by atoms with E-state index in [-0.39, 0.29) is 17.0 Å². The van der Waals surface area contributed by atoms with Gasteiger partial charge in [-0.15, -0.1) is 0 Å². The summed E-state index contributed by atoms with van der Waals surface area (Å²) in [5.41, 5.74) is 1.53. The van der Waals surface area contributed by atoms with Gasteiger partial charge in [0.15, 0.2) is 17.7 Å². The number of carbonyl (C=O) groups excluding carboxylic acids is 2. The summed E-state index contributed by atoms with van der Waals surface area (Å²) in [6.07, 6.45) is 1.29. The minimum absolute atomic E-state index is 0.0303. The standard InChI is InChI=1S/C16H12N2O5/c1-22-16(21)10-3-2-4-11(14(10)19)18-15(20)9-5-6-13-12(7-9)17-8-23-13/h2-8,19H,1H3,(H,18,20). The highest BCUT2D eigenvalue weighted by atomic mass is 16.5. The lowest BCUT2D eigenvalue weighted by Gasteiger charge is -2.10. The van der Waals surface area contributed by atoms with Gasteiger partial charge in [0.1, 0.15) is 11.1 Å². The van der Waals surface area contributed by atoms with Crippen LogP contribution >= 0.6 is 0 Å². The fraction of sp³-hybridized carbons (Fsp3) is 0.0625. The fourth-order valence-corrected chi connectivity index (χ4v) is 2.11. The normalized spacial score (nSPS) is 10.5. The Bertz CT molecular complexity index is 900. The molecule has 1 heterocycles. The third kappa shape index (κ3) is 2.71. The third-order valence-corrected chi connectivity index (χ3v) is 3.28. The summed E-state index contributed by atoms with van der Waals surface area (Å²) >= 11 is 0. The number of hydrogen-bond donors (Lipinski definition) is 2. The van der Waals surface area contributed by atoms with Crippen LogP contribution in [0.15, 0.2) is 47.2 Å². The van der Waals surface area contributed by atoms with E-state index in [9.17, 15) is 14.7 Å². The zero-order valence-corrected chi connectivity index (χ0v) is 12.1. The van der Waals surface area contributed by atoms with Gasteiger partial charge in [0.2, 0.25) is 0 Å². The van der Waals surface area contributed by atoms with Crippen molar-refractivity contribution in [3.8, 4) is 5.75 Å². The summed E-state index contributed by atoms with van der Waals surface area (Å²) in [6, 6.07) is 9.18. The average Bonchev–Trinajstić information content (AvgIpc) is 3.03. The highest BCUT2D eigenvalue weighted by Crippen LogP contribution is 2.28. The molecule has 0 aliphatic rings. The molecule has 0 fully saturated rings. The maximum atomic E-state index is 12.3. The number of carbonyl (C=O) groups is 2. The number of hydrogen-bond acceptors (Lipinski definition) is 6. The van der Waals surface area contributed by atoms with Crippen molar-refractivity contribution in [1.29, 1.82) is 0 Å². The summed E-state index contributed by atoms with van der Waals surface area (Å²) in [4.78, 5) is 27.8. The van der Waals surface area contributed by atoms with Crippen LogP contribution in [0.2, 0.25) is 0 Å². The zero-order chi connectivity index (χ0) is 16.4. The molecule has 2 aromatic carbocycles. The van der Waals surface area contributed by atoms with Crippen LogP contribution in [-0.4, -0.2) is 29.1 Å². The van der Waals surface area contributed by atoms with Crippen molar-refractivity contribution in [3.63, 3.8) is 0 Å². The molecular weight excluding hydrogens is 300 g/mol. The molecule has 3 aromatic rings. The molecule has 0 saturated heterocycles. The topological polar surface area (TPSA) is 102 Å². The number of phenolic OH excluding ortho intramolecular Hbond substituents is 1. The molecule has 0 aliphatic heterocycles. The molecule has 0 bridgehead atoms. The van der Waals surface area contributed by atoms with E-state index in [1.807, 2.05) is 0 Å². The van der Waals surface area contributed by atoms with Crippen molar-refractivity contribution >= 4 is 28.7 Å². The molecule has 1 amide bonds. The number of benzene rings is 2. The Hall–Kier alpha value is -3.35. The van der Waals surface area contributed by atoms with Gasteiger partial charge >= 0.3 is 5.97 Å². The second kappa shape index (κ2) is 5.80. The second-order valence-electron chi connectivity index (χ2n) is 4.68. The number of anilines is 1. The maximum absolute atomic E-state index is 12.3. The Morgan fingerprint density at radius 1 is 1.26 bits per heavy atom. The number of methoxy groups -OCH3 is 1. The van der Waals surface area contributed by atoms with E-state index in [2.05, 4.69) is 15.0 Å². The van der Waals surface area contributed by atoms with Gasteiger partial charge in [-0.25, -0.2) is 9.78 Å². The number of fused-ring (bicyclic) bond motifs is 1. The molecule has 3 rings (SSSR count). The summed E-state index contributed by atoms with van der Waals surface area (Å²) in [7, 11) is 1.21. The van der Waals surface area contributed by atoms with E-state index in [0.717, 1.165) is 0 Å². The van der Waals surface area contributed by atoms with Gasteiger partial charge in [-0.2, -0.15) is 0 Å². The monoisotopic (exact) mass is 312 g/mol. The van der Waals surface area contributed by atoms with Crippen LogP contribution in [0.4, 0.5) is 5.69 Å². The molecule has 0 saturated carbocycles. The molecule has 116 valence electrons. The number of nitrogens with zero attached hydrogens (tertiary/aromatic N) is 1. The first-order valence-electron chi connectivity index (χ1n) is 6.65.